The number of hydrogen-bond acceptors (Lipinski definition) is 3. The van der Waals surface area contributed by atoms with E-state index in [1.54, 1.807) is 17.3 Å². The summed E-state index contributed by atoms with van der Waals surface area (Å²) in [6, 6.07) is 3.91. The van der Waals surface area contributed by atoms with E-state index < -0.39 is 0 Å². The largest absolute Gasteiger partial charge is 0.345 e. The summed E-state index contributed by atoms with van der Waals surface area (Å²) in [7, 11) is 1.83. The van der Waals surface area contributed by atoms with Crippen LogP contribution in [-0.4, -0.2) is 35.4 Å². The van der Waals surface area contributed by atoms with Gasteiger partial charge in [0.15, 0.2) is 0 Å². The van der Waals surface area contributed by atoms with E-state index in [9.17, 15) is 4.79 Å². The standard InChI is InChI=1S/C14H23N3O/c1-11(2)13(15)6-8-17(3)14(18)9-12-5-4-7-16-10-12/h4-5,7,10-11,13H,6,8-9,15H2,1-3H3. The molecule has 1 amide bonds. The van der Waals surface area contributed by atoms with Crippen LogP contribution in [0.2, 0.25) is 0 Å². The quantitative estimate of drug-likeness (QED) is 0.830. The molecular weight excluding hydrogens is 226 g/mol. The van der Waals surface area contributed by atoms with E-state index in [1.807, 2.05) is 19.2 Å². The first-order chi connectivity index (χ1) is 8.50. The van der Waals surface area contributed by atoms with E-state index in [-0.39, 0.29) is 11.9 Å². The minimum Gasteiger partial charge on any atom is -0.345 e. The highest BCUT2D eigenvalue weighted by atomic mass is 16.2. The lowest BCUT2D eigenvalue weighted by Crippen LogP contribution is -2.35. The molecule has 2 N–H and O–H groups in total. The number of hydrogen-bond donors (Lipinski definition) is 1. The van der Waals surface area contributed by atoms with Crippen molar-refractivity contribution in [2.24, 2.45) is 11.7 Å². The Morgan fingerprint density at radius 3 is 2.78 bits per heavy atom. The highest BCUT2D eigenvalue weighted by Crippen LogP contribution is 2.05. The van der Waals surface area contributed by atoms with Gasteiger partial charge in [-0.15, -0.1) is 0 Å². The van der Waals surface area contributed by atoms with Gasteiger partial charge in [0.1, 0.15) is 0 Å². The summed E-state index contributed by atoms with van der Waals surface area (Å²) in [6.45, 7) is 4.91. The smallest absolute Gasteiger partial charge is 0.226 e. The second-order valence-corrected chi connectivity index (χ2v) is 5.05. The van der Waals surface area contributed by atoms with E-state index in [0.29, 0.717) is 18.9 Å². The Bertz CT molecular complexity index is 365. The molecule has 0 aliphatic rings. The number of carbonyl (C=O) groups is 1. The minimum absolute atomic E-state index is 0.110. The number of carbonyl (C=O) groups excluding carboxylic acids is 1. The molecule has 1 heterocycles. The van der Waals surface area contributed by atoms with Crippen molar-refractivity contribution < 1.29 is 4.79 Å². The molecule has 4 heteroatoms. The number of rotatable bonds is 6. The average molecular weight is 249 g/mol. The average Bonchev–Trinajstić information content (AvgIpc) is 2.36. The molecule has 0 aliphatic heterocycles. The van der Waals surface area contributed by atoms with Crippen molar-refractivity contribution in [1.29, 1.82) is 0 Å². The fraction of sp³-hybridized carbons (Fsp3) is 0.571. The third-order valence-corrected chi connectivity index (χ3v) is 3.16. The first kappa shape index (κ1) is 14.6. The van der Waals surface area contributed by atoms with Crippen LogP contribution in [-0.2, 0) is 11.2 Å². The molecule has 1 unspecified atom stereocenters. The summed E-state index contributed by atoms with van der Waals surface area (Å²) >= 11 is 0. The van der Waals surface area contributed by atoms with E-state index >= 15 is 0 Å². The van der Waals surface area contributed by atoms with Gasteiger partial charge >= 0.3 is 0 Å². The summed E-state index contributed by atoms with van der Waals surface area (Å²) < 4.78 is 0. The summed E-state index contributed by atoms with van der Waals surface area (Å²) in [5.41, 5.74) is 6.92. The van der Waals surface area contributed by atoms with Crippen LogP contribution in [0.15, 0.2) is 24.5 Å². The zero-order valence-electron chi connectivity index (χ0n) is 11.5. The van der Waals surface area contributed by atoms with Gasteiger partial charge in [0.05, 0.1) is 6.42 Å². The molecule has 0 fully saturated rings. The zero-order valence-corrected chi connectivity index (χ0v) is 11.5. The summed E-state index contributed by atoms with van der Waals surface area (Å²) in [4.78, 5) is 17.7. The molecule has 0 aliphatic carbocycles. The van der Waals surface area contributed by atoms with Crippen LogP contribution in [0.25, 0.3) is 0 Å². The third-order valence-electron chi connectivity index (χ3n) is 3.16. The van der Waals surface area contributed by atoms with Crippen LogP contribution < -0.4 is 5.73 Å². The molecule has 100 valence electrons. The van der Waals surface area contributed by atoms with Crippen LogP contribution in [0.4, 0.5) is 0 Å². The Kier molecular flexibility index (Phi) is 5.78. The molecule has 4 nitrogen and oxygen atoms in total. The highest BCUT2D eigenvalue weighted by Gasteiger charge is 2.13. The molecule has 1 aromatic heterocycles. The molecular formula is C14H23N3O. The van der Waals surface area contributed by atoms with Crippen LogP contribution in [0, 0.1) is 5.92 Å². The summed E-state index contributed by atoms with van der Waals surface area (Å²) in [6.07, 6.45) is 4.68. The Morgan fingerprint density at radius 1 is 1.50 bits per heavy atom. The zero-order chi connectivity index (χ0) is 13.5. The van der Waals surface area contributed by atoms with Gasteiger partial charge in [-0.05, 0) is 24.0 Å². The highest BCUT2D eigenvalue weighted by molar-refractivity contribution is 5.78. The maximum absolute atomic E-state index is 12.0. The van der Waals surface area contributed by atoms with Crippen molar-refractivity contribution in [2.75, 3.05) is 13.6 Å². The molecule has 0 radical (unpaired) electrons. The maximum Gasteiger partial charge on any atom is 0.226 e. The van der Waals surface area contributed by atoms with E-state index in [4.69, 9.17) is 5.73 Å². The minimum atomic E-state index is 0.110. The van der Waals surface area contributed by atoms with Crippen LogP contribution in [0.5, 0.6) is 0 Å². The molecule has 0 bridgehead atoms. The van der Waals surface area contributed by atoms with Gasteiger partial charge in [0.2, 0.25) is 5.91 Å². The van der Waals surface area contributed by atoms with Crippen molar-refractivity contribution in [3.05, 3.63) is 30.1 Å². The molecule has 0 saturated carbocycles. The normalized spacial score (nSPS) is 12.5. The summed E-state index contributed by atoms with van der Waals surface area (Å²) in [5, 5.41) is 0. The van der Waals surface area contributed by atoms with E-state index in [2.05, 4.69) is 18.8 Å². The molecule has 18 heavy (non-hydrogen) atoms. The van der Waals surface area contributed by atoms with Crippen molar-refractivity contribution in [3.63, 3.8) is 0 Å². The second-order valence-electron chi connectivity index (χ2n) is 5.05. The van der Waals surface area contributed by atoms with Gasteiger partial charge in [-0.3, -0.25) is 9.78 Å². The molecule has 0 aromatic carbocycles. The Morgan fingerprint density at radius 2 is 2.22 bits per heavy atom. The SMILES string of the molecule is CC(C)C(N)CCN(C)C(=O)Cc1cccnc1. The van der Waals surface area contributed by atoms with Crippen LogP contribution in [0.1, 0.15) is 25.8 Å². The van der Waals surface area contributed by atoms with Crippen LogP contribution >= 0.6 is 0 Å². The van der Waals surface area contributed by atoms with Gasteiger partial charge in [-0.1, -0.05) is 19.9 Å². The predicted molar refractivity (Wildman–Crippen MR) is 73.0 cm³/mol. The van der Waals surface area contributed by atoms with Gasteiger partial charge < -0.3 is 10.6 Å². The number of nitrogens with zero attached hydrogens (tertiary/aromatic N) is 2. The van der Waals surface area contributed by atoms with E-state index in [1.165, 1.54) is 0 Å². The van der Waals surface area contributed by atoms with E-state index in [0.717, 1.165) is 12.0 Å². The van der Waals surface area contributed by atoms with Crippen LogP contribution in [0.3, 0.4) is 0 Å². The Hall–Kier alpha value is -1.42. The fourth-order valence-electron chi connectivity index (χ4n) is 1.61. The molecule has 1 atom stereocenters. The number of likely N-dealkylation sites (N-methyl/N-ethyl adjacent to an activating group) is 1. The van der Waals surface area contributed by atoms with Gasteiger partial charge in [-0.25, -0.2) is 0 Å². The monoisotopic (exact) mass is 249 g/mol. The first-order valence-electron chi connectivity index (χ1n) is 6.39. The van der Waals surface area contributed by atoms with Gasteiger partial charge in [-0.2, -0.15) is 0 Å². The number of pyridine rings is 1. The van der Waals surface area contributed by atoms with Gasteiger partial charge in [0.25, 0.3) is 0 Å². The topological polar surface area (TPSA) is 59.2 Å². The molecule has 0 spiro atoms. The lowest BCUT2D eigenvalue weighted by Gasteiger charge is -2.21. The fourth-order valence-corrected chi connectivity index (χ4v) is 1.61. The van der Waals surface area contributed by atoms with Crippen molar-refractivity contribution in [2.45, 2.75) is 32.7 Å². The predicted octanol–water partition coefficient (Wildman–Crippen LogP) is 1.46. The Balaban J connectivity index is 2.38. The number of aromatic nitrogens is 1. The second kappa shape index (κ2) is 7.11. The van der Waals surface area contributed by atoms with Crippen molar-refractivity contribution in [3.8, 4) is 0 Å². The third kappa shape index (κ3) is 4.84. The summed E-state index contributed by atoms with van der Waals surface area (Å²) in [5.74, 6) is 0.561. The number of nitrogens with two attached hydrogens (primary N) is 1. The van der Waals surface area contributed by atoms with Gasteiger partial charge in [0, 0.05) is 32.0 Å². The van der Waals surface area contributed by atoms with Crippen molar-refractivity contribution >= 4 is 5.91 Å². The van der Waals surface area contributed by atoms with Crippen molar-refractivity contribution in [1.82, 2.24) is 9.88 Å². The molecule has 0 saturated heterocycles. The first-order valence-corrected chi connectivity index (χ1v) is 6.39. The molecule has 1 aromatic rings. The Labute approximate surface area is 109 Å². The lowest BCUT2D eigenvalue weighted by molar-refractivity contribution is -0.129. The lowest BCUT2D eigenvalue weighted by atomic mass is 10.0. The molecule has 1 rings (SSSR count). The maximum atomic E-state index is 12.0. The number of amides is 1.